The second-order valence-corrected chi connectivity index (χ2v) is 6.70. The van der Waals surface area contributed by atoms with Gasteiger partial charge in [-0.1, -0.05) is 34.1 Å². The van der Waals surface area contributed by atoms with Gasteiger partial charge in [0.25, 0.3) is 11.8 Å². The van der Waals surface area contributed by atoms with Gasteiger partial charge in [-0.3, -0.25) is 9.59 Å². The number of nitrogens with one attached hydrogen (secondary N) is 1. The molecule has 0 aliphatic carbocycles. The number of carbonyl (C=O) groups excluding carboxylic acids is 2. The van der Waals surface area contributed by atoms with Gasteiger partial charge in [0.05, 0.1) is 5.56 Å². The van der Waals surface area contributed by atoms with E-state index in [1.807, 2.05) is 24.3 Å². The molecule has 28 heavy (non-hydrogen) atoms. The van der Waals surface area contributed by atoms with Crippen LogP contribution in [-0.4, -0.2) is 18.4 Å². The molecule has 0 atom stereocenters. The van der Waals surface area contributed by atoms with Gasteiger partial charge in [-0.05, 0) is 54.6 Å². The molecular weight excluding hydrogens is 424 g/mol. The lowest BCUT2D eigenvalue weighted by Gasteiger charge is -2.12. The van der Waals surface area contributed by atoms with Crippen LogP contribution in [0.3, 0.4) is 0 Å². The molecule has 142 valence electrons. The largest absolute Gasteiger partial charge is 0.484 e. The minimum atomic E-state index is -0.556. The third kappa shape index (κ3) is 5.34. The van der Waals surface area contributed by atoms with Crippen LogP contribution in [0.4, 0.5) is 5.69 Å². The predicted octanol–water partition coefficient (Wildman–Crippen LogP) is 4.36. The van der Waals surface area contributed by atoms with Crippen molar-refractivity contribution in [2.24, 2.45) is 5.73 Å². The van der Waals surface area contributed by atoms with Crippen LogP contribution in [0.15, 0.2) is 77.3 Å². The number of benzene rings is 3. The smallest absolute Gasteiger partial charge is 0.259 e. The van der Waals surface area contributed by atoms with E-state index >= 15 is 0 Å². The number of primary amides is 1. The Morgan fingerprint density at radius 1 is 0.929 bits per heavy atom. The van der Waals surface area contributed by atoms with E-state index < -0.39 is 5.91 Å². The number of halogens is 1. The molecule has 0 heterocycles. The van der Waals surface area contributed by atoms with E-state index in [1.54, 1.807) is 48.5 Å². The third-order valence-corrected chi connectivity index (χ3v) is 4.14. The number of rotatable bonds is 7. The quantitative estimate of drug-likeness (QED) is 0.570. The summed E-state index contributed by atoms with van der Waals surface area (Å²) in [5, 5.41) is 2.81. The van der Waals surface area contributed by atoms with Gasteiger partial charge in [0, 0.05) is 10.2 Å². The van der Waals surface area contributed by atoms with Crippen LogP contribution in [0.25, 0.3) is 0 Å². The van der Waals surface area contributed by atoms with Gasteiger partial charge in [-0.25, -0.2) is 0 Å². The van der Waals surface area contributed by atoms with Gasteiger partial charge >= 0.3 is 0 Å². The zero-order chi connectivity index (χ0) is 19.9. The molecule has 0 bridgehead atoms. The van der Waals surface area contributed by atoms with Crippen molar-refractivity contribution in [3.63, 3.8) is 0 Å². The summed E-state index contributed by atoms with van der Waals surface area (Å²) in [6.45, 7) is -0.202. The van der Waals surface area contributed by atoms with E-state index in [-0.39, 0.29) is 12.5 Å². The van der Waals surface area contributed by atoms with Crippen molar-refractivity contribution in [1.29, 1.82) is 0 Å². The summed E-state index contributed by atoms with van der Waals surface area (Å²) in [4.78, 5) is 23.4. The maximum atomic E-state index is 12.7. The number of carbonyl (C=O) groups is 2. The average molecular weight is 441 g/mol. The van der Waals surface area contributed by atoms with Gasteiger partial charge in [0.1, 0.15) is 17.2 Å². The Labute approximate surface area is 170 Å². The van der Waals surface area contributed by atoms with Gasteiger partial charge in [-0.15, -0.1) is 0 Å². The Bertz CT molecular complexity index is 990. The SMILES string of the molecule is NC(=O)COc1ccc(NC(=O)c2ccccc2Oc2cccc(Br)c2)cc1. The van der Waals surface area contributed by atoms with Gasteiger partial charge < -0.3 is 20.5 Å². The molecule has 2 amide bonds. The van der Waals surface area contributed by atoms with Gasteiger partial charge in [0.2, 0.25) is 0 Å². The maximum Gasteiger partial charge on any atom is 0.259 e. The molecule has 0 aliphatic rings. The lowest BCUT2D eigenvalue weighted by molar-refractivity contribution is -0.119. The molecule has 0 unspecified atom stereocenters. The zero-order valence-electron chi connectivity index (χ0n) is 14.7. The molecule has 0 aliphatic heterocycles. The van der Waals surface area contributed by atoms with Gasteiger partial charge in [-0.2, -0.15) is 0 Å². The molecule has 3 aromatic carbocycles. The maximum absolute atomic E-state index is 12.7. The average Bonchev–Trinajstić information content (AvgIpc) is 2.68. The van der Waals surface area contributed by atoms with E-state index in [0.717, 1.165) is 4.47 Å². The summed E-state index contributed by atoms with van der Waals surface area (Å²) in [6, 6.07) is 21.0. The fourth-order valence-electron chi connectivity index (χ4n) is 2.39. The van der Waals surface area contributed by atoms with Crippen molar-refractivity contribution >= 4 is 33.4 Å². The highest BCUT2D eigenvalue weighted by Gasteiger charge is 2.13. The Hall–Kier alpha value is -3.32. The number of amides is 2. The zero-order valence-corrected chi connectivity index (χ0v) is 16.3. The molecule has 0 saturated heterocycles. The van der Waals surface area contributed by atoms with E-state index in [4.69, 9.17) is 15.2 Å². The van der Waals surface area contributed by atoms with E-state index in [2.05, 4.69) is 21.2 Å². The van der Waals surface area contributed by atoms with E-state index in [0.29, 0.717) is 28.5 Å². The topological polar surface area (TPSA) is 90.7 Å². The van der Waals surface area contributed by atoms with Crippen molar-refractivity contribution < 1.29 is 19.1 Å². The summed E-state index contributed by atoms with van der Waals surface area (Å²) in [5.74, 6) is 0.677. The lowest BCUT2D eigenvalue weighted by atomic mass is 10.1. The molecule has 0 radical (unpaired) electrons. The second-order valence-electron chi connectivity index (χ2n) is 5.79. The first-order valence-electron chi connectivity index (χ1n) is 8.36. The molecule has 3 rings (SSSR count). The van der Waals surface area contributed by atoms with E-state index in [1.165, 1.54) is 0 Å². The Morgan fingerprint density at radius 3 is 2.39 bits per heavy atom. The fraction of sp³-hybridized carbons (Fsp3) is 0.0476. The highest BCUT2D eigenvalue weighted by atomic mass is 79.9. The minimum Gasteiger partial charge on any atom is -0.484 e. The normalized spacial score (nSPS) is 10.2. The molecule has 3 N–H and O–H groups in total. The van der Waals surface area contributed by atoms with Crippen molar-refractivity contribution in [3.05, 3.63) is 82.8 Å². The number of hydrogen-bond donors (Lipinski definition) is 2. The molecule has 0 fully saturated rings. The van der Waals surface area contributed by atoms with Crippen LogP contribution in [-0.2, 0) is 4.79 Å². The second kappa shape index (κ2) is 9.05. The number of hydrogen-bond acceptors (Lipinski definition) is 4. The summed E-state index contributed by atoms with van der Waals surface area (Å²) in [7, 11) is 0. The van der Waals surface area contributed by atoms with Crippen molar-refractivity contribution in [3.8, 4) is 17.2 Å². The van der Waals surface area contributed by atoms with Crippen molar-refractivity contribution in [2.45, 2.75) is 0 Å². The first kappa shape index (κ1) is 19.4. The van der Waals surface area contributed by atoms with Crippen LogP contribution in [0.5, 0.6) is 17.2 Å². The number of ether oxygens (including phenoxy) is 2. The number of nitrogens with two attached hydrogens (primary N) is 1. The van der Waals surface area contributed by atoms with E-state index in [9.17, 15) is 9.59 Å². The fourth-order valence-corrected chi connectivity index (χ4v) is 2.77. The first-order valence-corrected chi connectivity index (χ1v) is 9.15. The highest BCUT2D eigenvalue weighted by Crippen LogP contribution is 2.28. The first-order chi connectivity index (χ1) is 13.5. The monoisotopic (exact) mass is 440 g/mol. The van der Waals surface area contributed by atoms with Crippen LogP contribution >= 0.6 is 15.9 Å². The predicted molar refractivity (Wildman–Crippen MR) is 110 cm³/mol. The minimum absolute atomic E-state index is 0.202. The molecule has 0 aromatic heterocycles. The Balaban J connectivity index is 1.71. The summed E-state index contributed by atoms with van der Waals surface area (Å²) >= 11 is 3.40. The summed E-state index contributed by atoms with van der Waals surface area (Å²) in [5.41, 5.74) is 6.02. The molecule has 0 spiro atoms. The Kier molecular flexibility index (Phi) is 6.29. The highest BCUT2D eigenvalue weighted by molar-refractivity contribution is 9.10. The standard InChI is InChI=1S/C21H17BrN2O4/c22-14-4-3-5-17(12-14)28-19-7-2-1-6-18(19)21(26)24-15-8-10-16(11-9-15)27-13-20(23)25/h1-12H,13H2,(H2,23,25)(H,24,26). The van der Waals surface area contributed by atoms with Gasteiger partial charge in [0.15, 0.2) is 6.61 Å². The summed E-state index contributed by atoms with van der Waals surface area (Å²) in [6.07, 6.45) is 0. The van der Waals surface area contributed by atoms with Crippen molar-refractivity contribution in [2.75, 3.05) is 11.9 Å². The number of anilines is 1. The molecule has 3 aromatic rings. The molecule has 7 heteroatoms. The van der Waals surface area contributed by atoms with Crippen molar-refractivity contribution in [1.82, 2.24) is 0 Å². The van der Waals surface area contributed by atoms with Crippen LogP contribution in [0, 0.1) is 0 Å². The Morgan fingerprint density at radius 2 is 1.68 bits per heavy atom. The van der Waals surface area contributed by atoms with Crippen LogP contribution < -0.4 is 20.5 Å². The third-order valence-electron chi connectivity index (χ3n) is 3.65. The number of para-hydroxylation sites is 1. The molecule has 6 nitrogen and oxygen atoms in total. The lowest BCUT2D eigenvalue weighted by Crippen LogP contribution is -2.20. The molecular formula is C21H17BrN2O4. The summed E-state index contributed by atoms with van der Waals surface area (Å²) < 4.78 is 11.9. The van der Waals surface area contributed by atoms with Crippen LogP contribution in [0.1, 0.15) is 10.4 Å². The van der Waals surface area contributed by atoms with Crippen LogP contribution in [0.2, 0.25) is 0 Å². The molecule has 0 saturated carbocycles.